The second-order valence-electron chi connectivity index (χ2n) is 3.80. The molecule has 1 unspecified atom stereocenters. The van der Waals surface area contributed by atoms with Gasteiger partial charge < -0.3 is 15.8 Å². The number of carbonyl (C=O) groups is 1. The van der Waals surface area contributed by atoms with Gasteiger partial charge in [0.1, 0.15) is 5.75 Å². The lowest BCUT2D eigenvalue weighted by molar-refractivity contribution is -0.105. The number of carbonyl (C=O) groups excluding carboxylic acids is 1. The molecule has 0 saturated carbocycles. The molecule has 0 aliphatic rings. The molecule has 0 aliphatic heterocycles. The summed E-state index contributed by atoms with van der Waals surface area (Å²) in [4.78, 5) is 10.5. The van der Waals surface area contributed by atoms with Gasteiger partial charge in [-0.2, -0.15) is 0 Å². The molecular weight excluding hydrogens is 204 g/mol. The highest BCUT2D eigenvalue weighted by Gasteiger charge is 2.05. The highest BCUT2D eigenvalue weighted by atomic mass is 16.5. The number of hydrogen-bond acceptors (Lipinski definition) is 3. The summed E-state index contributed by atoms with van der Waals surface area (Å²) >= 11 is 0. The van der Waals surface area contributed by atoms with Crippen LogP contribution in [0.15, 0.2) is 18.2 Å². The van der Waals surface area contributed by atoms with E-state index in [9.17, 15) is 4.79 Å². The SMILES string of the molecule is COc1ccc(CCC(C)N)c(NC=O)c1. The first-order chi connectivity index (χ1) is 7.67. The first-order valence-electron chi connectivity index (χ1n) is 5.30. The minimum Gasteiger partial charge on any atom is -0.497 e. The van der Waals surface area contributed by atoms with Crippen molar-refractivity contribution in [1.82, 2.24) is 0 Å². The van der Waals surface area contributed by atoms with Crippen molar-refractivity contribution in [2.75, 3.05) is 12.4 Å². The molecule has 1 aromatic carbocycles. The van der Waals surface area contributed by atoms with Crippen molar-refractivity contribution in [2.24, 2.45) is 5.73 Å². The fourth-order valence-electron chi connectivity index (χ4n) is 1.48. The van der Waals surface area contributed by atoms with Crippen LogP contribution in [0.25, 0.3) is 0 Å². The minimum absolute atomic E-state index is 0.159. The van der Waals surface area contributed by atoms with Gasteiger partial charge in [-0.1, -0.05) is 6.07 Å². The first-order valence-corrected chi connectivity index (χ1v) is 5.30. The Balaban J connectivity index is 2.84. The summed E-state index contributed by atoms with van der Waals surface area (Å²) in [6.45, 7) is 1.97. The van der Waals surface area contributed by atoms with Crippen LogP contribution in [0, 0.1) is 0 Å². The number of aryl methyl sites for hydroxylation is 1. The summed E-state index contributed by atoms with van der Waals surface area (Å²) in [6.07, 6.45) is 2.40. The van der Waals surface area contributed by atoms with Crippen LogP contribution < -0.4 is 15.8 Å². The van der Waals surface area contributed by atoms with Gasteiger partial charge in [-0.3, -0.25) is 4.79 Å². The molecular formula is C12H18N2O2. The Morgan fingerprint density at radius 3 is 2.88 bits per heavy atom. The van der Waals surface area contributed by atoms with E-state index in [1.807, 2.05) is 25.1 Å². The largest absolute Gasteiger partial charge is 0.497 e. The molecule has 0 radical (unpaired) electrons. The van der Waals surface area contributed by atoms with Gasteiger partial charge in [-0.05, 0) is 31.4 Å². The van der Waals surface area contributed by atoms with Gasteiger partial charge in [0.2, 0.25) is 6.41 Å². The number of methoxy groups -OCH3 is 1. The summed E-state index contributed by atoms with van der Waals surface area (Å²) in [5.74, 6) is 0.730. The number of benzene rings is 1. The Morgan fingerprint density at radius 2 is 2.31 bits per heavy atom. The summed E-state index contributed by atoms with van der Waals surface area (Å²) in [5, 5.41) is 2.67. The predicted octanol–water partition coefficient (Wildman–Crippen LogP) is 1.54. The van der Waals surface area contributed by atoms with Gasteiger partial charge >= 0.3 is 0 Å². The van der Waals surface area contributed by atoms with Crippen LogP contribution in [0.2, 0.25) is 0 Å². The average Bonchev–Trinajstić information content (AvgIpc) is 2.27. The molecule has 0 aromatic heterocycles. The van der Waals surface area contributed by atoms with E-state index in [-0.39, 0.29) is 6.04 Å². The number of rotatable bonds is 6. The van der Waals surface area contributed by atoms with Crippen LogP contribution in [-0.2, 0) is 11.2 Å². The van der Waals surface area contributed by atoms with E-state index in [4.69, 9.17) is 10.5 Å². The topological polar surface area (TPSA) is 64.3 Å². The van der Waals surface area contributed by atoms with Crippen LogP contribution in [0.1, 0.15) is 18.9 Å². The molecule has 1 aromatic rings. The van der Waals surface area contributed by atoms with Crippen LogP contribution in [0.5, 0.6) is 5.75 Å². The van der Waals surface area contributed by atoms with Crippen molar-refractivity contribution >= 4 is 12.1 Å². The second-order valence-corrected chi connectivity index (χ2v) is 3.80. The Hall–Kier alpha value is -1.55. The van der Waals surface area contributed by atoms with E-state index in [1.165, 1.54) is 0 Å². The molecule has 0 spiro atoms. The normalized spacial score (nSPS) is 11.9. The zero-order valence-corrected chi connectivity index (χ0v) is 9.69. The van der Waals surface area contributed by atoms with Crippen LogP contribution >= 0.6 is 0 Å². The Morgan fingerprint density at radius 1 is 1.56 bits per heavy atom. The molecule has 1 atom stereocenters. The maximum absolute atomic E-state index is 10.5. The Kier molecular flexibility index (Phi) is 4.79. The molecule has 88 valence electrons. The van der Waals surface area contributed by atoms with Crippen molar-refractivity contribution in [1.29, 1.82) is 0 Å². The maximum atomic E-state index is 10.5. The number of nitrogens with two attached hydrogens (primary N) is 1. The van der Waals surface area contributed by atoms with Gasteiger partial charge in [0, 0.05) is 17.8 Å². The maximum Gasteiger partial charge on any atom is 0.211 e. The molecule has 1 rings (SSSR count). The third-order valence-electron chi connectivity index (χ3n) is 2.40. The van der Waals surface area contributed by atoms with Crippen LogP contribution in [0.3, 0.4) is 0 Å². The molecule has 0 bridgehead atoms. The zero-order chi connectivity index (χ0) is 12.0. The molecule has 0 saturated heterocycles. The standard InChI is InChI=1S/C12H18N2O2/c1-9(13)3-4-10-5-6-11(16-2)7-12(10)14-8-15/h5-9H,3-4,13H2,1-2H3,(H,14,15). The molecule has 3 N–H and O–H groups in total. The smallest absolute Gasteiger partial charge is 0.211 e. The lowest BCUT2D eigenvalue weighted by atomic mass is 10.0. The third-order valence-corrected chi connectivity index (χ3v) is 2.40. The lowest BCUT2D eigenvalue weighted by Gasteiger charge is -2.11. The van der Waals surface area contributed by atoms with Gasteiger partial charge in [0.15, 0.2) is 0 Å². The lowest BCUT2D eigenvalue weighted by Crippen LogP contribution is -2.15. The molecule has 4 nitrogen and oxygen atoms in total. The van der Waals surface area contributed by atoms with Crippen molar-refractivity contribution in [3.63, 3.8) is 0 Å². The second kappa shape index (κ2) is 6.12. The van der Waals surface area contributed by atoms with Crippen LogP contribution in [0.4, 0.5) is 5.69 Å². The van der Waals surface area contributed by atoms with Gasteiger partial charge in [-0.25, -0.2) is 0 Å². The van der Waals surface area contributed by atoms with Gasteiger partial charge in [0.05, 0.1) is 7.11 Å². The van der Waals surface area contributed by atoms with E-state index in [0.717, 1.165) is 29.8 Å². The van der Waals surface area contributed by atoms with Crippen molar-refractivity contribution in [3.8, 4) is 5.75 Å². The predicted molar refractivity (Wildman–Crippen MR) is 64.7 cm³/mol. The number of hydrogen-bond donors (Lipinski definition) is 2. The number of amides is 1. The quantitative estimate of drug-likeness (QED) is 0.718. The zero-order valence-electron chi connectivity index (χ0n) is 9.69. The van der Waals surface area contributed by atoms with E-state index in [0.29, 0.717) is 6.41 Å². The number of ether oxygens (including phenoxy) is 1. The van der Waals surface area contributed by atoms with Gasteiger partial charge in [0.25, 0.3) is 0 Å². The summed E-state index contributed by atoms with van der Waals surface area (Å²) in [6, 6.07) is 5.80. The van der Waals surface area contributed by atoms with E-state index >= 15 is 0 Å². The summed E-state index contributed by atoms with van der Waals surface area (Å²) in [5.41, 5.74) is 7.57. The first kappa shape index (κ1) is 12.5. The van der Waals surface area contributed by atoms with E-state index < -0.39 is 0 Å². The van der Waals surface area contributed by atoms with Crippen molar-refractivity contribution in [2.45, 2.75) is 25.8 Å². The van der Waals surface area contributed by atoms with Gasteiger partial charge in [-0.15, -0.1) is 0 Å². The van der Waals surface area contributed by atoms with Crippen molar-refractivity contribution < 1.29 is 9.53 Å². The van der Waals surface area contributed by atoms with Crippen LogP contribution in [-0.4, -0.2) is 19.6 Å². The minimum atomic E-state index is 0.159. The molecule has 0 aliphatic carbocycles. The number of anilines is 1. The third kappa shape index (κ3) is 3.55. The van der Waals surface area contributed by atoms with Crippen molar-refractivity contribution in [3.05, 3.63) is 23.8 Å². The molecule has 0 heterocycles. The monoisotopic (exact) mass is 222 g/mol. The Bertz CT molecular complexity index is 351. The van der Waals surface area contributed by atoms with E-state index in [1.54, 1.807) is 7.11 Å². The molecule has 16 heavy (non-hydrogen) atoms. The number of nitrogens with one attached hydrogen (secondary N) is 1. The summed E-state index contributed by atoms with van der Waals surface area (Å²) in [7, 11) is 1.60. The summed E-state index contributed by atoms with van der Waals surface area (Å²) < 4.78 is 5.10. The average molecular weight is 222 g/mol. The fraction of sp³-hybridized carbons (Fsp3) is 0.417. The molecule has 4 heteroatoms. The molecule has 0 fully saturated rings. The highest BCUT2D eigenvalue weighted by Crippen LogP contribution is 2.23. The molecule has 1 amide bonds. The highest BCUT2D eigenvalue weighted by molar-refractivity contribution is 5.74. The Labute approximate surface area is 95.8 Å². The fourth-order valence-corrected chi connectivity index (χ4v) is 1.48. The van der Waals surface area contributed by atoms with E-state index in [2.05, 4.69) is 5.32 Å².